The molecule has 1 fully saturated rings. The van der Waals surface area contributed by atoms with E-state index in [2.05, 4.69) is 15.4 Å². The first-order chi connectivity index (χ1) is 8.22. The molecule has 3 rings (SSSR count). The lowest BCUT2D eigenvalue weighted by atomic mass is 9.82. The lowest BCUT2D eigenvalue weighted by molar-refractivity contribution is 0.0486. The van der Waals surface area contributed by atoms with Crippen LogP contribution in [0.15, 0.2) is 18.2 Å². The van der Waals surface area contributed by atoms with E-state index in [9.17, 15) is 5.11 Å². The summed E-state index contributed by atoms with van der Waals surface area (Å²) in [5.41, 5.74) is 1.93. The van der Waals surface area contributed by atoms with Gasteiger partial charge in [-0.1, -0.05) is 6.07 Å². The molecule has 17 heavy (non-hydrogen) atoms. The highest BCUT2D eigenvalue weighted by atomic mass is 16.3. The SMILES string of the molecule is Cc1cccc2nc(NCC3CC(O)C3)nn12. The van der Waals surface area contributed by atoms with Crippen LogP contribution in [-0.4, -0.2) is 32.4 Å². The first kappa shape index (κ1) is 10.5. The minimum Gasteiger partial charge on any atom is -0.393 e. The largest absolute Gasteiger partial charge is 0.393 e. The molecule has 0 spiro atoms. The molecule has 0 aliphatic heterocycles. The van der Waals surface area contributed by atoms with Crippen molar-refractivity contribution in [2.45, 2.75) is 25.9 Å². The Balaban J connectivity index is 1.71. The van der Waals surface area contributed by atoms with Gasteiger partial charge in [0.25, 0.3) is 0 Å². The zero-order chi connectivity index (χ0) is 11.8. The van der Waals surface area contributed by atoms with Crippen molar-refractivity contribution < 1.29 is 5.11 Å². The predicted molar refractivity (Wildman–Crippen MR) is 64.9 cm³/mol. The highest BCUT2D eigenvalue weighted by Gasteiger charge is 2.26. The number of nitrogens with zero attached hydrogens (tertiary/aromatic N) is 3. The van der Waals surface area contributed by atoms with Crippen molar-refractivity contribution in [3.05, 3.63) is 23.9 Å². The number of aliphatic hydroxyl groups excluding tert-OH is 1. The second-order valence-electron chi connectivity index (χ2n) is 4.74. The summed E-state index contributed by atoms with van der Waals surface area (Å²) < 4.78 is 1.83. The fraction of sp³-hybridized carbons (Fsp3) is 0.500. The van der Waals surface area contributed by atoms with Crippen LogP contribution in [0.2, 0.25) is 0 Å². The second-order valence-corrected chi connectivity index (χ2v) is 4.74. The number of anilines is 1. The summed E-state index contributed by atoms with van der Waals surface area (Å²) in [6.07, 6.45) is 1.68. The van der Waals surface area contributed by atoms with Crippen molar-refractivity contribution in [2.24, 2.45) is 5.92 Å². The minimum atomic E-state index is -0.0990. The Morgan fingerprint density at radius 3 is 3.00 bits per heavy atom. The van der Waals surface area contributed by atoms with Crippen molar-refractivity contribution >= 4 is 11.6 Å². The third-order valence-electron chi connectivity index (χ3n) is 3.31. The molecule has 2 heterocycles. The third-order valence-corrected chi connectivity index (χ3v) is 3.31. The van der Waals surface area contributed by atoms with Crippen molar-refractivity contribution in [1.82, 2.24) is 14.6 Å². The van der Waals surface area contributed by atoms with Gasteiger partial charge in [-0.25, -0.2) is 4.52 Å². The van der Waals surface area contributed by atoms with Gasteiger partial charge >= 0.3 is 0 Å². The second kappa shape index (κ2) is 4.00. The molecule has 0 radical (unpaired) electrons. The van der Waals surface area contributed by atoms with E-state index in [1.807, 2.05) is 29.6 Å². The van der Waals surface area contributed by atoms with Gasteiger partial charge < -0.3 is 10.4 Å². The maximum Gasteiger partial charge on any atom is 0.243 e. The highest BCUT2D eigenvalue weighted by Crippen LogP contribution is 2.26. The standard InChI is InChI=1S/C12H16N4O/c1-8-3-2-4-11-14-12(15-16(8)11)13-7-9-5-10(17)6-9/h2-4,9-10,17H,5-7H2,1H3,(H,13,15). The molecule has 5 nitrogen and oxygen atoms in total. The van der Waals surface area contributed by atoms with Crippen LogP contribution in [0.5, 0.6) is 0 Å². The number of aryl methyl sites for hydroxylation is 1. The molecule has 1 saturated carbocycles. The number of nitrogens with one attached hydrogen (secondary N) is 1. The van der Waals surface area contributed by atoms with E-state index < -0.39 is 0 Å². The van der Waals surface area contributed by atoms with Gasteiger partial charge in [0.05, 0.1) is 6.10 Å². The van der Waals surface area contributed by atoms with Gasteiger partial charge in [0.1, 0.15) is 0 Å². The molecular weight excluding hydrogens is 216 g/mol. The van der Waals surface area contributed by atoms with Gasteiger partial charge in [0.15, 0.2) is 5.65 Å². The number of aromatic nitrogens is 3. The maximum atomic E-state index is 9.20. The number of hydrogen-bond acceptors (Lipinski definition) is 4. The van der Waals surface area contributed by atoms with Gasteiger partial charge in [-0.3, -0.25) is 0 Å². The van der Waals surface area contributed by atoms with Crippen molar-refractivity contribution in [3.8, 4) is 0 Å². The Hall–Kier alpha value is -1.62. The summed E-state index contributed by atoms with van der Waals surface area (Å²) >= 11 is 0. The van der Waals surface area contributed by atoms with Crippen molar-refractivity contribution in [3.63, 3.8) is 0 Å². The molecule has 0 aromatic carbocycles. The van der Waals surface area contributed by atoms with E-state index in [0.717, 1.165) is 30.7 Å². The monoisotopic (exact) mass is 232 g/mol. The van der Waals surface area contributed by atoms with Crippen LogP contribution in [0.25, 0.3) is 5.65 Å². The molecular formula is C12H16N4O. The molecule has 0 atom stereocenters. The molecule has 2 N–H and O–H groups in total. The Bertz CT molecular complexity index is 530. The zero-order valence-electron chi connectivity index (χ0n) is 9.80. The summed E-state index contributed by atoms with van der Waals surface area (Å²) in [5, 5.41) is 16.8. The van der Waals surface area contributed by atoms with Crippen molar-refractivity contribution in [2.75, 3.05) is 11.9 Å². The number of aliphatic hydroxyl groups is 1. The molecule has 1 aliphatic rings. The predicted octanol–water partition coefficient (Wildman–Crippen LogP) is 1.22. The van der Waals surface area contributed by atoms with E-state index in [-0.39, 0.29) is 6.10 Å². The average Bonchev–Trinajstić information content (AvgIpc) is 2.67. The van der Waals surface area contributed by atoms with Crippen LogP contribution in [0.1, 0.15) is 18.5 Å². The number of hydrogen-bond donors (Lipinski definition) is 2. The average molecular weight is 232 g/mol. The van der Waals surface area contributed by atoms with Gasteiger partial charge in [-0.15, -0.1) is 5.10 Å². The van der Waals surface area contributed by atoms with E-state index in [0.29, 0.717) is 11.9 Å². The topological polar surface area (TPSA) is 62.5 Å². The normalized spacial score (nSPS) is 23.6. The molecule has 0 unspecified atom stereocenters. The molecule has 1 aliphatic carbocycles. The van der Waals surface area contributed by atoms with Crippen molar-refractivity contribution in [1.29, 1.82) is 0 Å². The van der Waals surface area contributed by atoms with E-state index in [1.165, 1.54) is 0 Å². The summed E-state index contributed by atoms with van der Waals surface area (Å²) in [7, 11) is 0. The number of rotatable bonds is 3. The van der Waals surface area contributed by atoms with E-state index in [1.54, 1.807) is 0 Å². The summed E-state index contributed by atoms with van der Waals surface area (Å²) in [6, 6.07) is 5.93. The van der Waals surface area contributed by atoms with Crippen LogP contribution in [0.3, 0.4) is 0 Å². The number of pyridine rings is 1. The van der Waals surface area contributed by atoms with Gasteiger partial charge in [0.2, 0.25) is 5.95 Å². The Labute approximate surface area is 99.5 Å². The molecule has 5 heteroatoms. The van der Waals surface area contributed by atoms with Gasteiger partial charge in [0, 0.05) is 12.2 Å². The minimum absolute atomic E-state index is 0.0990. The van der Waals surface area contributed by atoms with Crippen LogP contribution in [0.4, 0.5) is 5.95 Å². The van der Waals surface area contributed by atoms with Gasteiger partial charge in [-0.05, 0) is 37.8 Å². The van der Waals surface area contributed by atoms with Crippen LogP contribution >= 0.6 is 0 Å². The number of fused-ring (bicyclic) bond motifs is 1. The van der Waals surface area contributed by atoms with E-state index in [4.69, 9.17) is 0 Å². The Kier molecular flexibility index (Phi) is 2.48. The summed E-state index contributed by atoms with van der Waals surface area (Å²) in [6.45, 7) is 2.85. The first-order valence-electron chi connectivity index (χ1n) is 5.97. The fourth-order valence-corrected chi connectivity index (χ4v) is 2.21. The zero-order valence-corrected chi connectivity index (χ0v) is 9.80. The summed E-state index contributed by atoms with van der Waals surface area (Å²) in [5.74, 6) is 1.22. The highest BCUT2D eigenvalue weighted by molar-refractivity contribution is 5.44. The Morgan fingerprint density at radius 1 is 1.47 bits per heavy atom. The van der Waals surface area contributed by atoms with E-state index >= 15 is 0 Å². The van der Waals surface area contributed by atoms with Crippen LogP contribution < -0.4 is 5.32 Å². The molecule has 0 saturated heterocycles. The molecule has 2 aromatic rings. The fourth-order valence-electron chi connectivity index (χ4n) is 2.21. The lowest BCUT2D eigenvalue weighted by Crippen LogP contribution is -2.33. The molecule has 90 valence electrons. The van der Waals surface area contributed by atoms with Crippen LogP contribution in [0, 0.1) is 12.8 Å². The summed E-state index contributed by atoms with van der Waals surface area (Å²) in [4.78, 5) is 4.40. The third kappa shape index (κ3) is 1.98. The smallest absolute Gasteiger partial charge is 0.243 e. The van der Waals surface area contributed by atoms with Crippen LogP contribution in [-0.2, 0) is 0 Å². The quantitative estimate of drug-likeness (QED) is 0.835. The Morgan fingerprint density at radius 2 is 2.29 bits per heavy atom. The first-order valence-corrected chi connectivity index (χ1v) is 5.97. The maximum absolute atomic E-state index is 9.20. The lowest BCUT2D eigenvalue weighted by Gasteiger charge is -2.31. The van der Waals surface area contributed by atoms with Gasteiger partial charge in [-0.2, -0.15) is 4.98 Å². The molecule has 0 amide bonds. The molecule has 0 bridgehead atoms. The molecule has 2 aromatic heterocycles.